The normalized spacial score (nSPS) is 12.9. The predicted molar refractivity (Wildman–Crippen MR) is 137 cm³/mol. The quantitative estimate of drug-likeness (QED) is 0.376. The van der Waals surface area contributed by atoms with Crippen molar-refractivity contribution in [1.29, 1.82) is 0 Å². The van der Waals surface area contributed by atoms with E-state index in [1.807, 2.05) is 48.2 Å². The molecule has 178 valence electrons. The molecule has 0 aliphatic carbocycles. The molecule has 0 spiro atoms. The number of imidazole rings is 1. The summed E-state index contributed by atoms with van der Waals surface area (Å²) in [4.78, 5) is 19.7. The molecule has 7 heteroatoms. The number of nitrogen functional groups attached to an aromatic ring is 1. The molecule has 3 N–H and O–H groups in total. The summed E-state index contributed by atoms with van der Waals surface area (Å²) in [6, 6.07) is 22.1. The van der Waals surface area contributed by atoms with Crippen molar-refractivity contribution in [2.24, 2.45) is 0 Å². The van der Waals surface area contributed by atoms with Crippen molar-refractivity contribution in [2.75, 3.05) is 17.6 Å². The zero-order valence-corrected chi connectivity index (χ0v) is 19.7. The zero-order valence-electron chi connectivity index (χ0n) is 19.7. The highest BCUT2D eigenvalue weighted by atomic mass is 19.1. The summed E-state index contributed by atoms with van der Waals surface area (Å²) in [6.45, 7) is 3.72. The van der Waals surface area contributed by atoms with Gasteiger partial charge in [-0.15, -0.1) is 0 Å². The molecule has 2 heterocycles. The lowest BCUT2D eigenvalue weighted by Crippen LogP contribution is -2.38. The van der Waals surface area contributed by atoms with Gasteiger partial charge in [-0.2, -0.15) is 0 Å². The van der Waals surface area contributed by atoms with Crippen molar-refractivity contribution in [3.8, 4) is 11.3 Å². The van der Waals surface area contributed by atoms with Crippen molar-refractivity contribution in [2.45, 2.75) is 32.9 Å². The standard InChI is InChI=1S/C28H28FN5O/c1-19-2-13-24(14-3-19)31-28-27(21-7-9-22(29)10-8-21)32-25-18-33(16-17-34(25)28)26(35)15-6-20-4-11-23(30)12-5-20/h2-5,7-14,31H,6,15-18,30H2,1H3. The van der Waals surface area contributed by atoms with Gasteiger partial charge in [-0.05, 0) is 67.4 Å². The van der Waals surface area contributed by atoms with E-state index < -0.39 is 0 Å². The third kappa shape index (κ3) is 5.04. The largest absolute Gasteiger partial charge is 0.399 e. The van der Waals surface area contributed by atoms with Gasteiger partial charge in [0, 0.05) is 36.4 Å². The van der Waals surface area contributed by atoms with Gasteiger partial charge in [0.25, 0.3) is 0 Å². The summed E-state index contributed by atoms with van der Waals surface area (Å²) < 4.78 is 15.7. The number of rotatable bonds is 6. The minimum absolute atomic E-state index is 0.104. The number of benzene rings is 3. The second-order valence-electron chi connectivity index (χ2n) is 8.93. The Morgan fingerprint density at radius 3 is 2.43 bits per heavy atom. The molecule has 1 aliphatic rings. The minimum atomic E-state index is -0.288. The maximum Gasteiger partial charge on any atom is 0.223 e. The minimum Gasteiger partial charge on any atom is -0.399 e. The Bertz CT molecular complexity index is 1330. The summed E-state index contributed by atoms with van der Waals surface area (Å²) in [5.41, 5.74) is 11.3. The molecule has 5 rings (SSSR count). The van der Waals surface area contributed by atoms with Crippen molar-refractivity contribution in [3.05, 3.63) is 95.6 Å². The molecule has 6 nitrogen and oxygen atoms in total. The van der Waals surface area contributed by atoms with Gasteiger partial charge in [-0.3, -0.25) is 4.79 Å². The average Bonchev–Trinajstić information content (AvgIpc) is 3.22. The molecule has 1 aliphatic heterocycles. The zero-order chi connectivity index (χ0) is 24.4. The maximum absolute atomic E-state index is 13.6. The number of nitrogens with two attached hydrogens (primary N) is 1. The molecule has 0 unspecified atom stereocenters. The van der Waals surface area contributed by atoms with Crippen molar-refractivity contribution in [3.63, 3.8) is 0 Å². The van der Waals surface area contributed by atoms with Crippen LogP contribution in [0.1, 0.15) is 23.4 Å². The Balaban J connectivity index is 1.38. The molecule has 0 saturated heterocycles. The van der Waals surface area contributed by atoms with Crippen LogP contribution in [0, 0.1) is 12.7 Å². The van der Waals surface area contributed by atoms with Crippen molar-refractivity contribution < 1.29 is 9.18 Å². The van der Waals surface area contributed by atoms with Gasteiger partial charge in [0.05, 0.1) is 6.54 Å². The van der Waals surface area contributed by atoms with E-state index in [1.165, 1.54) is 17.7 Å². The summed E-state index contributed by atoms with van der Waals surface area (Å²) in [5, 5.41) is 3.51. The molecule has 4 aromatic rings. The Kier molecular flexibility index (Phi) is 6.23. The van der Waals surface area contributed by atoms with Crippen LogP contribution in [0.3, 0.4) is 0 Å². The summed E-state index contributed by atoms with van der Waals surface area (Å²) in [7, 11) is 0. The van der Waals surface area contributed by atoms with Crippen LogP contribution >= 0.6 is 0 Å². The van der Waals surface area contributed by atoms with Crippen LogP contribution in [0.4, 0.5) is 21.6 Å². The highest BCUT2D eigenvalue weighted by Gasteiger charge is 2.27. The monoisotopic (exact) mass is 469 g/mol. The first-order valence-corrected chi connectivity index (χ1v) is 11.8. The van der Waals surface area contributed by atoms with Crippen molar-refractivity contribution >= 4 is 23.1 Å². The smallest absolute Gasteiger partial charge is 0.223 e. The van der Waals surface area contributed by atoms with Gasteiger partial charge in [0.2, 0.25) is 5.91 Å². The van der Waals surface area contributed by atoms with Crippen LogP contribution in [-0.2, 0) is 24.3 Å². The number of aromatic nitrogens is 2. The maximum atomic E-state index is 13.6. The molecule has 0 radical (unpaired) electrons. The van der Waals surface area contributed by atoms with E-state index >= 15 is 0 Å². The number of nitrogens with one attached hydrogen (secondary N) is 1. The van der Waals surface area contributed by atoms with Gasteiger partial charge >= 0.3 is 0 Å². The molecule has 35 heavy (non-hydrogen) atoms. The molecule has 0 saturated carbocycles. The lowest BCUT2D eigenvalue weighted by Gasteiger charge is -2.28. The van der Waals surface area contributed by atoms with Gasteiger partial charge in [0.1, 0.15) is 23.2 Å². The highest BCUT2D eigenvalue weighted by Crippen LogP contribution is 2.33. The van der Waals surface area contributed by atoms with E-state index in [2.05, 4.69) is 22.0 Å². The number of aryl methyl sites for hydroxylation is 2. The van der Waals surface area contributed by atoms with Gasteiger partial charge in [-0.25, -0.2) is 9.37 Å². The Morgan fingerprint density at radius 2 is 1.71 bits per heavy atom. The summed E-state index contributed by atoms with van der Waals surface area (Å²) in [5.74, 6) is 1.48. The predicted octanol–water partition coefficient (Wildman–Crippen LogP) is 5.30. The number of amides is 1. The fourth-order valence-corrected chi connectivity index (χ4v) is 4.35. The van der Waals surface area contributed by atoms with Gasteiger partial charge < -0.3 is 20.5 Å². The SMILES string of the molecule is Cc1ccc(Nc2c(-c3ccc(F)cc3)nc3n2CCN(C(=O)CCc2ccc(N)cc2)C3)cc1. The Hall–Kier alpha value is -4.13. The lowest BCUT2D eigenvalue weighted by molar-refractivity contribution is -0.132. The van der Waals surface area contributed by atoms with Gasteiger partial charge in [0.15, 0.2) is 0 Å². The number of fused-ring (bicyclic) bond motifs is 1. The van der Waals surface area contributed by atoms with Crippen LogP contribution in [0.5, 0.6) is 0 Å². The molecular weight excluding hydrogens is 441 g/mol. The fraction of sp³-hybridized carbons (Fsp3) is 0.214. The highest BCUT2D eigenvalue weighted by molar-refractivity contribution is 5.78. The van der Waals surface area contributed by atoms with Crippen molar-refractivity contribution in [1.82, 2.24) is 14.5 Å². The van der Waals surface area contributed by atoms with E-state index in [0.29, 0.717) is 32.5 Å². The Morgan fingerprint density at radius 1 is 1.00 bits per heavy atom. The van der Waals surface area contributed by atoms with Crippen LogP contribution in [0.25, 0.3) is 11.3 Å². The second-order valence-corrected chi connectivity index (χ2v) is 8.93. The first-order chi connectivity index (χ1) is 17.0. The number of halogens is 1. The molecule has 1 aromatic heterocycles. The molecular formula is C28H28FN5O. The number of nitrogens with zero attached hydrogens (tertiary/aromatic N) is 3. The first kappa shape index (κ1) is 22.7. The third-order valence-electron chi connectivity index (χ3n) is 6.36. The van der Waals surface area contributed by atoms with E-state index in [4.69, 9.17) is 10.7 Å². The number of carbonyl (C=O) groups excluding carboxylic acids is 1. The number of hydrogen-bond donors (Lipinski definition) is 2. The first-order valence-electron chi connectivity index (χ1n) is 11.8. The van der Waals surface area contributed by atoms with Gasteiger partial charge in [-0.1, -0.05) is 29.8 Å². The molecule has 3 aromatic carbocycles. The topological polar surface area (TPSA) is 76.2 Å². The lowest BCUT2D eigenvalue weighted by atomic mass is 10.1. The number of carbonyl (C=O) groups is 1. The molecule has 0 bridgehead atoms. The van der Waals surface area contributed by atoms with E-state index in [0.717, 1.165) is 39.8 Å². The molecule has 0 fully saturated rings. The van der Waals surface area contributed by atoms with Crippen LogP contribution in [0.15, 0.2) is 72.8 Å². The second kappa shape index (κ2) is 9.62. The number of anilines is 3. The van der Waals surface area contributed by atoms with E-state index in [9.17, 15) is 9.18 Å². The molecule has 1 amide bonds. The third-order valence-corrected chi connectivity index (χ3v) is 6.36. The number of hydrogen-bond acceptors (Lipinski definition) is 4. The van der Waals surface area contributed by atoms with Crippen LogP contribution in [-0.4, -0.2) is 26.9 Å². The average molecular weight is 470 g/mol. The molecule has 0 atom stereocenters. The summed E-state index contributed by atoms with van der Waals surface area (Å²) in [6.07, 6.45) is 1.11. The van der Waals surface area contributed by atoms with E-state index in [-0.39, 0.29) is 11.7 Å². The fourth-order valence-electron chi connectivity index (χ4n) is 4.35. The van der Waals surface area contributed by atoms with Crippen LogP contribution in [0.2, 0.25) is 0 Å². The van der Waals surface area contributed by atoms with E-state index in [1.54, 1.807) is 12.1 Å². The Labute approximate surface area is 204 Å². The summed E-state index contributed by atoms with van der Waals surface area (Å²) >= 11 is 0. The van der Waals surface area contributed by atoms with Crippen LogP contribution < -0.4 is 11.1 Å².